The van der Waals surface area contributed by atoms with E-state index in [1.165, 1.54) is 11.8 Å². The van der Waals surface area contributed by atoms with Crippen LogP contribution in [0.3, 0.4) is 0 Å². The molecule has 0 saturated heterocycles. The van der Waals surface area contributed by atoms with Gasteiger partial charge >= 0.3 is 0 Å². The highest BCUT2D eigenvalue weighted by Crippen LogP contribution is 2.20. The highest BCUT2D eigenvalue weighted by molar-refractivity contribution is 7.98. The summed E-state index contributed by atoms with van der Waals surface area (Å²) in [6, 6.07) is 8.09. The molecule has 20 N–H and O–H groups in total. The van der Waals surface area contributed by atoms with Gasteiger partial charge in [0.25, 0.3) is 0 Å². The van der Waals surface area contributed by atoms with E-state index in [4.69, 9.17) is 34.4 Å². The van der Waals surface area contributed by atoms with Gasteiger partial charge in [-0.3, -0.25) is 48.3 Å². The predicted molar refractivity (Wildman–Crippen MR) is 319 cm³/mol. The van der Waals surface area contributed by atoms with E-state index in [1.807, 2.05) is 57.4 Å². The number of hydrogen-bond donors (Lipinski definition) is 14. The summed E-state index contributed by atoms with van der Waals surface area (Å²) >= 11 is 1.43. The van der Waals surface area contributed by atoms with Crippen molar-refractivity contribution in [3.8, 4) is 0 Å². The number of nitrogens with zero attached hydrogens (tertiary/aromatic N) is 2. The van der Waals surface area contributed by atoms with Gasteiger partial charge in [0, 0.05) is 48.9 Å². The SMILES string of the molecule is CC[C@H](C)[C@H](NC(=O)[C@H](Cc1ccccc1)NC(=O)[C@H](CCSC)NC(=O)[C@H](Cc1c[nH]c2ccccc12)NC(=O)[C@H](CCCCN)NC(=O)[C@H](CCCN=C(N)N)NC(=O)[C@H](CC(C)C)NC(=O)[C@@H](C)CCCN=C(N)N)C(N)=O. The zero-order valence-electron chi connectivity index (χ0n) is 47.9. The number of H-pyrrole nitrogens is 1. The summed E-state index contributed by atoms with van der Waals surface area (Å²) in [6.07, 6.45) is 6.61. The average molecular weight is 1150 g/mol. The highest BCUT2D eigenvalue weighted by atomic mass is 32.2. The first-order valence-corrected chi connectivity index (χ1v) is 29.3. The van der Waals surface area contributed by atoms with Crippen LogP contribution >= 0.6 is 11.8 Å². The summed E-state index contributed by atoms with van der Waals surface area (Å²) < 4.78 is 0. The monoisotopic (exact) mass is 1150 g/mol. The molecule has 0 bridgehead atoms. The molecule has 3 rings (SSSR count). The number of guanidine groups is 2. The molecule has 9 atom stereocenters. The van der Waals surface area contributed by atoms with Gasteiger partial charge < -0.3 is 76.6 Å². The number of aromatic amines is 1. The normalized spacial score (nSPS) is 14.5. The molecule has 81 heavy (non-hydrogen) atoms. The highest BCUT2D eigenvalue weighted by Gasteiger charge is 2.35. The third-order valence-electron chi connectivity index (χ3n) is 13.7. The molecular weight excluding hydrogens is 1060 g/mol. The second kappa shape index (κ2) is 36.0. The van der Waals surface area contributed by atoms with Crippen molar-refractivity contribution in [3.05, 3.63) is 71.9 Å². The molecule has 2 aromatic carbocycles. The fourth-order valence-corrected chi connectivity index (χ4v) is 9.40. The smallest absolute Gasteiger partial charge is 0.243 e. The van der Waals surface area contributed by atoms with Gasteiger partial charge in [-0.15, -0.1) is 0 Å². The first-order valence-electron chi connectivity index (χ1n) is 27.9. The Morgan fingerprint density at radius 1 is 0.556 bits per heavy atom. The van der Waals surface area contributed by atoms with Gasteiger partial charge in [0.2, 0.25) is 47.3 Å². The summed E-state index contributed by atoms with van der Waals surface area (Å²) in [4.78, 5) is 124. The molecule has 0 aliphatic heterocycles. The van der Waals surface area contributed by atoms with E-state index >= 15 is 0 Å². The number of amides is 8. The maximum absolute atomic E-state index is 14.9. The molecule has 0 spiro atoms. The van der Waals surface area contributed by atoms with Gasteiger partial charge in [-0.2, -0.15) is 11.8 Å². The minimum absolute atomic E-state index is 0.0254. The van der Waals surface area contributed by atoms with Crippen molar-refractivity contribution in [2.75, 3.05) is 31.6 Å². The number of rotatable bonds is 38. The molecule has 8 amide bonds. The minimum atomic E-state index is -1.34. The number of hydrogen-bond acceptors (Lipinski definition) is 12. The van der Waals surface area contributed by atoms with E-state index in [9.17, 15) is 38.4 Å². The van der Waals surface area contributed by atoms with Crippen molar-refractivity contribution in [2.45, 2.75) is 154 Å². The number of nitrogens with one attached hydrogen (secondary N) is 8. The van der Waals surface area contributed by atoms with E-state index in [1.54, 1.807) is 44.3 Å². The van der Waals surface area contributed by atoms with E-state index in [0.717, 1.165) is 10.9 Å². The Kier molecular flexibility index (Phi) is 30.2. The molecule has 3 aromatic rings. The summed E-state index contributed by atoms with van der Waals surface area (Å²) in [5.41, 5.74) is 35.8. The lowest BCUT2D eigenvalue weighted by Crippen LogP contribution is -2.61. The van der Waals surface area contributed by atoms with Crippen LogP contribution in [0, 0.1) is 17.8 Å². The zero-order chi connectivity index (χ0) is 60.0. The molecule has 0 aliphatic rings. The van der Waals surface area contributed by atoms with E-state index < -0.39 is 89.6 Å². The van der Waals surface area contributed by atoms with Crippen molar-refractivity contribution in [1.82, 2.24) is 42.2 Å². The fraction of sp³-hybridized carbons (Fsp3) is 0.571. The number of unbranched alkanes of at least 4 members (excludes halogenated alkanes) is 1. The number of primary amides is 1. The lowest BCUT2D eigenvalue weighted by Gasteiger charge is -2.28. The maximum Gasteiger partial charge on any atom is 0.243 e. The molecule has 0 aliphatic carbocycles. The molecule has 24 nitrogen and oxygen atoms in total. The van der Waals surface area contributed by atoms with Gasteiger partial charge in [-0.1, -0.05) is 89.6 Å². The van der Waals surface area contributed by atoms with Crippen molar-refractivity contribution < 1.29 is 38.4 Å². The number of thioether (sulfide) groups is 1. The van der Waals surface area contributed by atoms with Gasteiger partial charge in [-0.05, 0) is 105 Å². The lowest BCUT2D eigenvalue weighted by molar-refractivity contribution is -0.136. The second-order valence-corrected chi connectivity index (χ2v) is 21.9. The van der Waals surface area contributed by atoms with Gasteiger partial charge in [0.1, 0.15) is 42.3 Å². The number of nitrogens with two attached hydrogens (primary N) is 6. The van der Waals surface area contributed by atoms with Crippen molar-refractivity contribution in [2.24, 2.45) is 62.1 Å². The van der Waals surface area contributed by atoms with Crippen LogP contribution in [0.4, 0.5) is 0 Å². The zero-order valence-corrected chi connectivity index (χ0v) is 48.7. The molecule has 1 heterocycles. The molecular formula is C56H90N16O8S. The summed E-state index contributed by atoms with van der Waals surface area (Å²) in [5, 5.41) is 20.6. The number of carbonyl (C=O) groups is 8. The third kappa shape index (κ3) is 24.5. The van der Waals surface area contributed by atoms with Crippen LogP contribution in [0.25, 0.3) is 10.9 Å². The van der Waals surface area contributed by atoms with Crippen molar-refractivity contribution in [3.63, 3.8) is 0 Å². The topological polar surface area (TPSA) is 417 Å². The Bertz CT molecular complexity index is 2550. The molecule has 0 fully saturated rings. The van der Waals surface area contributed by atoms with Crippen LogP contribution in [0.1, 0.15) is 110 Å². The van der Waals surface area contributed by atoms with E-state index in [2.05, 4.69) is 52.2 Å². The lowest BCUT2D eigenvalue weighted by atomic mass is 9.97. The molecule has 1 aromatic heterocycles. The largest absolute Gasteiger partial charge is 0.370 e. The number of carbonyl (C=O) groups excluding carboxylic acids is 8. The first-order chi connectivity index (χ1) is 38.6. The Hall–Kier alpha value is -7.41. The van der Waals surface area contributed by atoms with Gasteiger partial charge in [0.05, 0.1) is 0 Å². The molecule has 0 unspecified atom stereocenters. The molecule has 0 saturated carbocycles. The quantitative estimate of drug-likeness (QED) is 0.0212. The first kappa shape index (κ1) is 67.9. The Labute approximate surface area is 480 Å². The van der Waals surface area contributed by atoms with Gasteiger partial charge in [-0.25, -0.2) is 0 Å². The maximum atomic E-state index is 14.9. The molecule has 25 heteroatoms. The molecule has 0 radical (unpaired) electrons. The van der Waals surface area contributed by atoms with Crippen LogP contribution in [0.5, 0.6) is 0 Å². The van der Waals surface area contributed by atoms with Crippen molar-refractivity contribution in [1.29, 1.82) is 0 Å². The Balaban J connectivity index is 2.01. The fourth-order valence-electron chi connectivity index (χ4n) is 8.93. The summed E-state index contributed by atoms with van der Waals surface area (Å²) in [6.45, 7) is 9.88. The Morgan fingerprint density at radius 2 is 1.04 bits per heavy atom. The minimum Gasteiger partial charge on any atom is -0.370 e. The van der Waals surface area contributed by atoms with Gasteiger partial charge in [0.15, 0.2) is 11.9 Å². The number of fused-ring (bicyclic) bond motifs is 1. The number of para-hydroxylation sites is 1. The second-order valence-electron chi connectivity index (χ2n) is 20.9. The van der Waals surface area contributed by atoms with Crippen LogP contribution < -0.4 is 71.6 Å². The summed E-state index contributed by atoms with van der Waals surface area (Å²) in [5.74, 6) is -5.92. The standard InChI is InChI=1S/C56H90N16O8S/c1-7-34(4)46(47(58)73)72-54(80)44(30-36-18-9-8-10-19-36)70-51(77)42(24-28-81-6)68-53(79)45(31-37-32-65-39-21-12-11-20-38(37)39)71-50(76)40(22-13-14-25-57)66-49(75)41(23-16-27-64-56(61)62)67-52(78)43(29-33(2)3)69-48(74)35(5)17-15-26-63-55(59)60/h8-12,18-21,32-35,40-46,65H,7,13-17,22-31,57H2,1-6H3,(H2,58,73)(H,66,75)(H,67,78)(H,68,79)(H,69,74)(H,70,77)(H,71,76)(H,72,80)(H4,59,60,63)(H4,61,62,64)/t34-,35-,40-,41-,42-,43-,44-,45-,46-/m0/s1. The van der Waals surface area contributed by atoms with E-state index in [-0.39, 0.29) is 87.7 Å². The number of aromatic nitrogens is 1. The third-order valence-corrected chi connectivity index (χ3v) is 14.4. The number of benzene rings is 2. The molecule has 448 valence electrons. The Morgan fingerprint density at radius 3 is 1.58 bits per heavy atom. The predicted octanol–water partition coefficient (Wildman–Crippen LogP) is 0.550. The van der Waals surface area contributed by atoms with Crippen LogP contribution in [0.15, 0.2) is 70.8 Å². The number of aliphatic imine (C=N–C) groups is 2. The summed E-state index contributed by atoms with van der Waals surface area (Å²) in [7, 11) is 0. The van der Waals surface area contributed by atoms with Crippen LogP contribution in [-0.4, -0.2) is 138 Å². The van der Waals surface area contributed by atoms with Crippen LogP contribution in [-0.2, 0) is 51.2 Å². The average Bonchev–Trinajstić information content (AvgIpc) is 3.84. The van der Waals surface area contributed by atoms with E-state index in [0.29, 0.717) is 55.5 Å². The van der Waals surface area contributed by atoms with Crippen molar-refractivity contribution >= 4 is 81.8 Å². The van der Waals surface area contributed by atoms with Crippen LogP contribution in [0.2, 0.25) is 0 Å².